The standard InChI is InChI=1S/C14H18N2O5S/c1-9-12(10(2)21-16-9)8-15-22(17,18)14-7-11(19-3)5-6-13(14)20-4/h5-7,15H,8H2,1-4H3. The molecule has 0 aliphatic heterocycles. The molecule has 120 valence electrons. The Balaban J connectivity index is 2.30. The third-order valence-corrected chi connectivity index (χ3v) is 4.70. The van der Waals surface area contributed by atoms with Crippen LogP contribution in [0.3, 0.4) is 0 Å². The van der Waals surface area contributed by atoms with E-state index in [0.717, 1.165) is 0 Å². The van der Waals surface area contributed by atoms with Crippen LogP contribution in [0.1, 0.15) is 17.0 Å². The number of ether oxygens (including phenoxy) is 2. The van der Waals surface area contributed by atoms with Gasteiger partial charge >= 0.3 is 0 Å². The van der Waals surface area contributed by atoms with Gasteiger partial charge in [-0.3, -0.25) is 0 Å². The lowest BCUT2D eigenvalue weighted by Crippen LogP contribution is -2.24. The second-order valence-corrected chi connectivity index (χ2v) is 6.38. The quantitative estimate of drug-likeness (QED) is 0.870. The Morgan fingerprint density at radius 3 is 2.50 bits per heavy atom. The predicted molar refractivity (Wildman–Crippen MR) is 79.5 cm³/mol. The van der Waals surface area contributed by atoms with Crippen LogP contribution in [-0.4, -0.2) is 27.8 Å². The van der Waals surface area contributed by atoms with Gasteiger partial charge in [-0.15, -0.1) is 0 Å². The average molecular weight is 326 g/mol. The van der Waals surface area contributed by atoms with Crippen LogP contribution in [0.5, 0.6) is 11.5 Å². The highest BCUT2D eigenvalue weighted by Crippen LogP contribution is 2.28. The lowest BCUT2D eigenvalue weighted by Gasteiger charge is -2.12. The Kier molecular flexibility index (Phi) is 4.72. The summed E-state index contributed by atoms with van der Waals surface area (Å²) in [7, 11) is -0.890. The number of sulfonamides is 1. The minimum Gasteiger partial charge on any atom is -0.497 e. The van der Waals surface area contributed by atoms with Crippen LogP contribution in [0.2, 0.25) is 0 Å². The number of methoxy groups -OCH3 is 2. The molecule has 0 aliphatic rings. The van der Waals surface area contributed by atoms with E-state index in [2.05, 4.69) is 9.88 Å². The maximum Gasteiger partial charge on any atom is 0.244 e. The van der Waals surface area contributed by atoms with Gasteiger partial charge in [0.05, 0.1) is 19.9 Å². The Bertz CT molecular complexity index is 748. The lowest BCUT2D eigenvalue weighted by atomic mass is 10.2. The first-order valence-corrected chi connectivity index (χ1v) is 8.00. The molecule has 0 atom stereocenters. The summed E-state index contributed by atoms with van der Waals surface area (Å²) in [5.74, 6) is 1.25. The molecule has 0 amide bonds. The second kappa shape index (κ2) is 6.37. The van der Waals surface area contributed by atoms with Crippen molar-refractivity contribution < 1.29 is 22.4 Å². The molecular formula is C14H18N2O5S. The van der Waals surface area contributed by atoms with Crippen molar-refractivity contribution in [2.45, 2.75) is 25.3 Å². The fourth-order valence-corrected chi connectivity index (χ4v) is 3.17. The number of hydrogen-bond acceptors (Lipinski definition) is 6. The molecule has 0 spiro atoms. The van der Waals surface area contributed by atoms with Crippen molar-refractivity contribution in [2.75, 3.05) is 14.2 Å². The first-order chi connectivity index (χ1) is 10.4. The Morgan fingerprint density at radius 2 is 1.95 bits per heavy atom. The Hall–Kier alpha value is -2.06. The van der Waals surface area contributed by atoms with Gasteiger partial charge in [-0.05, 0) is 26.0 Å². The molecule has 8 heteroatoms. The summed E-state index contributed by atoms with van der Waals surface area (Å²) in [6.45, 7) is 3.58. The van der Waals surface area contributed by atoms with Gasteiger partial charge in [-0.1, -0.05) is 5.16 Å². The van der Waals surface area contributed by atoms with Crippen LogP contribution >= 0.6 is 0 Å². The maximum absolute atomic E-state index is 12.5. The molecule has 0 unspecified atom stereocenters. The van der Waals surface area contributed by atoms with Crippen molar-refractivity contribution in [3.8, 4) is 11.5 Å². The monoisotopic (exact) mass is 326 g/mol. The molecule has 0 saturated heterocycles. The summed E-state index contributed by atoms with van der Waals surface area (Å²) in [4.78, 5) is 0.0149. The molecular weight excluding hydrogens is 308 g/mol. The van der Waals surface area contributed by atoms with E-state index in [1.54, 1.807) is 26.0 Å². The molecule has 0 bridgehead atoms. The summed E-state index contributed by atoms with van der Waals surface area (Å²) in [6.07, 6.45) is 0. The zero-order valence-corrected chi connectivity index (χ0v) is 13.7. The van der Waals surface area contributed by atoms with Crippen LogP contribution in [0, 0.1) is 13.8 Å². The molecule has 0 radical (unpaired) electrons. The van der Waals surface area contributed by atoms with E-state index < -0.39 is 10.0 Å². The number of aryl methyl sites for hydroxylation is 2. The summed E-state index contributed by atoms with van der Waals surface area (Å²) in [5.41, 5.74) is 1.36. The third-order valence-electron chi connectivity index (χ3n) is 3.28. The fourth-order valence-electron chi connectivity index (χ4n) is 1.99. The Morgan fingerprint density at radius 1 is 1.23 bits per heavy atom. The summed E-state index contributed by atoms with van der Waals surface area (Å²) in [6, 6.07) is 4.59. The van der Waals surface area contributed by atoms with Crippen LogP contribution in [0.4, 0.5) is 0 Å². The third kappa shape index (κ3) is 3.23. The van der Waals surface area contributed by atoms with Gasteiger partial charge in [0.25, 0.3) is 0 Å². The van der Waals surface area contributed by atoms with E-state index in [-0.39, 0.29) is 17.2 Å². The molecule has 0 saturated carbocycles. The van der Waals surface area contributed by atoms with Crippen molar-refractivity contribution in [3.63, 3.8) is 0 Å². The molecule has 0 fully saturated rings. The van der Waals surface area contributed by atoms with Crippen LogP contribution in [0.25, 0.3) is 0 Å². The van der Waals surface area contributed by atoms with Crippen LogP contribution in [-0.2, 0) is 16.6 Å². The van der Waals surface area contributed by atoms with Gasteiger partial charge in [0.2, 0.25) is 10.0 Å². The van der Waals surface area contributed by atoms with Crippen molar-refractivity contribution in [1.82, 2.24) is 9.88 Å². The average Bonchev–Trinajstić information content (AvgIpc) is 2.83. The van der Waals surface area contributed by atoms with Crippen molar-refractivity contribution in [2.24, 2.45) is 0 Å². The molecule has 2 aromatic rings. The summed E-state index contributed by atoms with van der Waals surface area (Å²) in [5, 5.41) is 3.80. The molecule has 1 aromatic carbocycles. The van der Waals surface area contributed by atoms with Crippen LogP contribution < -0.4 is 14.2 Å². The molecule has 22 heavy (non-hydrogen) atoms. The van der Waals surface area contributed by atoms with Gasteiger partial charge in [-0.25, -0.2) is 13.1 Å². The first-order valence-electron chi connectivity index (χ1n) is 6.52. The topological polar surface area (TPSA) is 90.7 Å². The van der Waals surface area contributed by atoms with E-state index in [1.807, 2.05) is 0 Å². The fraction of sp³-hybridized carbons (Fsp3) is 0.357. The second-order valence-electron chi connectivity index (χ2n) is 4.64. The molecule has 2 rings (SSSR count). The molecule has 1 N–H and O–H groups in total. The number of benzene rings is 1. The maximum atomic E-state index is 12.5. The Labute approximate surface area is 129 Å². The van der Waals surface area contributed by atoms with E-state index in [0.29, 0.717) is 22.8 Å². The number of nitrogens with one attached hydrogen (secondary N) is 1. The molecule has 1 aromatic heterocycles. The van der Waals surface area contributed by atoms with Gasteiger partial charge in [-0.2, -0.15) is 0 Å². The van der Waals surface area contributed by atoms with Gasteiger partial charge in [0.15, 0.2) is 0 Å². The van der Waals surface area contributed by atoms with E-state index in [1.165, 1.54) is 20.3 Å². The molecule has 0 aliphatic carbocycles. The molecule has 1 heterocycles. The first kappa shape index (κ1) is 16.3. The number of aromatic nitrogens is 1. The normalized spacial score (nSPS) is 11.5. The zero-order valence-electron chi connectivity index (χ0n) is 12.8. The van der Waals surface area contributed by atoms with Crippen LogP contribution in [0.15, 0.2) is 27.6 Å². The smallest absolute Gasteiger partial charge is 0.244 e. The minimum absolute atomic E-state index is 0.0149. The van der Waals surface area contributed by atoms with Gasteiger partial charge < -0.3 is 14.0 Å². The van der Waals surface area contributed by atoms with Crippen molar-refractivity contribution in [1.29, 1.82) is 0 Å². The zero-order chi connectivity index (χ0) is 16.3. The lowest BCUT2D eigenvalue weighted by molar-refractivity contribution is 0.391. The number of hydrogen-bond donors (Lipinski definition) is 1. The SMILES string of the molecule is COc1ccc(OC)c(S(=O)(=O)NCc2c(C)noc2C)c1. The van der Waals surface area contributed by atoms with Gasteiger partial charge in [0.1, 0.15) is 22.2 Å². The number of nitrogens with zero attached hydrogens (tertiary/aromatic N) is 1. The highest BCUT2D eigenvalue weighted by atomic mass is 32.2. The van der Waals surface area contributed by atoms with Gasteiger partial charge in [0, 0.05) is 18.2 Å². The largest absolute Gasteiger partial charge is 0.497 e. The van der Waals surface area contributed by atoms with E-state index in [9.17, 15) is 8.42 Å². The minimum atomic E-state index is -3.77. The molecule has 7 nitrogen and oxygen atoms in total. The van der Waals surface area contributed by atoms with Crippen molar-refractivity contribution in [3.05, 3.63) is 35.2 Å². The van der Waals surface area contributed by atoms with Crippen molar-refractivity contribution >= 4 is 10.0 Å². The van der Waals surface area contributed by atoms with E-state index >= 15 is 0 Å². The predicted octanol–water partition coefficient (Wildman–Crippen LogP) is 1.79. The summed E-state index contributed by atoms with van der Waals surface area (Å²) >= 11 is 0. The summed E-state index contributed by atoms with van der Waals surface area (Å²) < 4.78 is 42.7. The van der Waals surface area contributed by atoms with E-state index in [4.69, 9.17) is 14.0 Å². The number of rotatable bonds is 6. The highest BCUT2D eigenvalue weighted by Gasteiger charge is 2.21. The highest BCUT2D eigenvalue weighted by molar-refractivity contribution is 7.89.